The van der Waals surface area contributed by atoms with Crippen LogP contribution in [0.4, 0.5) is 0 Å². The molecule has 0 radical (unpaired) electrons. The summed E-state index contributed by atoms with van der Waals surface area (Å²) in [6.45, 7) is 4.13. The van der Waals surface area contributed by atoms with Crippen molar-refractivity contribution in [3.8, 4) is 0 Å². The molecule has 0 aliphatic carbocycles. The summed E-state index contributed by atoms with van der Waals surface area (Å²) < 4.78 is 4.66. The van der Waals surface area contributed by atoms with E-state index in [0.29, 0.717) is 16.4 Å². The number of hydrogen-bond acceptors (Lipinski definition) is 3. The maximum Gasteiger partial charge on any atom is 0.338 e. The standard InChI is InChI=1S/C11H14O2S/c1-7(2)8-5-4-6-9(10(8)14)11(12)13-3/h4-7,14H,1-3H3. The number of esters is 1. The molecule has 0 atom stereocenters. The van der Waals surface area contributed by atoms with Gasteiger partial charge in [0.2, 0.25) is 0 Å². The summed E-state index contributed by atoms with van der Waals surface area (Å²) in [4.78, 5) is 12.1. The fourth-order valence-corrected chi connectivity index (χ4v) is 1.80. The van der Waals surface area contributed by atoms with Crippen molar-refractivity contribution in [3.63, 3.8) is 0 Å². The normalized spacial score (nSPS) is 10.4. The first kappa shape index (κ1) is 11.1. The van der Waals surface area contributed by atoms with Gasteiger partial charge in [-0.05, 0) is 17.5 Å². The molecular weight excluding hydrogens is 196 g/mol. The van der Waals surface area contributed by atoms with Crippen molar-refractivity contribution in [2.75, 3.05) is 7.11 Å². The highest BCUT2D eigenvalue weighted by Crippen LogP contribution is 2.26. The third kappa shape index (κ3) is 2.10. The SMILES string of the molecule is COC(=O)c1cccc(C(C)C)c1S. The zero-order valence-electron chi connectivity index (χ0n) is 8.57. The Morgan fingerprint density at radius 2 is 2.07 bits per heavy atom. The average molecular weight is 210 g/mol. The predicted molar refractivity (Wildman–Crippen MR) is 59.1 cm³/mol. The molecule has 0 bridgehead atoms. The average Bonchev–Trinajstić information content (AvgIpc) is 2.16. The molecule has 0 aliphatic heterocycles. The molecule has 1 rings (SSSR count). The Bertz CT molecular complexity index is 345. The van der Waals surface area contributed by atoms with E-state index >= 15 is 0 Å². The molecule has 3 heteroatoms. The van der Waals surface area contributed by atoms with E-state index in [2.05, 4.69) is 31.2 Å². The molecule has 0 fully saturated rings. The first-order valence-electron chi connectivity index (χ1n) is 4.48. The van der Waals surface area contributed by atoms with Gasteiger partial charge in [0.1, 0.15) is 0 Å². The van der Waals surface area contributed by atoms with Crippen molar-refractivity contribution in [1.29, 1.82) is 0 Å². The predicted octanol–water partition coefficient (Wildman–Crippen LogP) is 2.89. The number of methoxy groups -OCH3 is 1. The van der Waals surface area contributed by atoms with Crippen LogP contribution in [-0.4, -0.2) is 13.1 Å². The van der Waals surface area contributed by atoms with Crippen LogP contribution in [0, 0.1) is 0 Å². The van der Waals surface area contributed by atoms with E-state index in [1.165, 1.54) is 7.11 Å². The summed E-state index contributed by atoms with van der Waals surface area (Å²) in [5, 5.41) is 0. The molecule has 1 aromatic rings. The van der Waals surface area contributed by atoms with Crippen LogP contribution in [-0.2, 0) is 4.74 Å². The number of hydrogen-bond donors (Lipinski definition) is 1. The minimum Gasteiger partial charge on any atom is -0.465 e. The molecule has 0 aromatic heterocycles. The molecule has 0 saturated carbocycles. The lowest BCUT2D eigenvalue weighted by molar-refractivity contribution is 0.0596. The van der Waals surface area contributed by atoms with Crippen LogP contribution in [0.15, 0.2) is 23.1 Å². The van der Waals surface area contributed by atoms with Crippen LogP contribution < -0.4 is 0 Å². The number of thiol groups is 1. The van der Waals surface area contributed by atoms with Gasteiger partial charge in [-0.3, -0.25) is 0 Å². The first-order valence-corrected chi connectivity index (χ1v) is 4.92. The zero-order chi connectivity index (χ0) is 10.7. The lowest BCUT2D eigenvalue weighted by atomic mass is 10.0. The monoisotopic (exact) mass is 210 g/mol. The number of carbonyl (C=O) groups excluding carboxylic acids is 1. The molecule has 76 valence electrons. The molecule has 0 heterocycles. The van der Waals surface area contributed by atoms with Gasteiger partial charge in [0.05, 0.1) is 12.7 Å². The second kappa shape index (κ2) is 4.51. The third-order valence-corrected chi connectivity index (χ3v) is 2.59. The van der Waals surface area contributed by atoms with E-state index in [1.807, 2.05) is 12.1 Å². The largest absolute Gasteiger partial charge is 0.465 e. The van der Waals surface area contributed by atoms with Crippen molar-refractivity contribution in [1.82, 2.24) is 0 Å². The summed E-state index contributed by atoms with van der Waals surface area (Å²) in [5.74, 6) is 0.0182. The number of ether oxygens (including phenoxy) is 1. The quantitative estimate of drug-likeness (QED) is 0.600. The van der Waals surface area contributed by atoms with Gasteiger partial charge in [0.25, 0.3) is 0 Å². The molecule has 0 aliphatic rings. The second-order valence-electron chi connectivity index (χ2n) is 3.39. The molecule has 0 unspecified atom stereocenters. The van der Waals surface area contributed by atoms with Gasteiger partial charge in [-0.1, -0.05) is 26.0 Å². The van der Waals surface area contributed by atoms with Crippen LogP contribution >= 0.6 is 12.6 Å². The molecule has 0 N–H and O–H groups in total. The Morgan fingerprint density at radius 3 is 2.57 bits per heavy atom. The highest BCUT2D eigenvalue weighted by atomic mass is 32.1. The summed E-state index contributed by atoms with van der Waals surface area (Å²) >= 11 is 4.34. The third-order valence-electron chi connectivity index (χ3n) is 2.09. The van der Waals surface area contributed by atoms with E-state index in [-0.39, 0.29) is 5.97 Å². The van der Waals surface area contributed by atoms with Gasteiger partial charge in [0, 0.05) is 4.90 Å². The van der Waals surface area contributed by atoms with Gasteiger partial charge in [-0.15, -0.1) is 12.6 Å². The summed E-state index contributed by atoms with van der Waals surface area (Å²) in [5.41, 5.74) is 1.60. The molecular formula is C11H14O2S. The fraction of sp³-hybridized carbons (Fsp3) is 0.364. The van der Waals surface area contributed by atoms with Crippen LogP contribution in [0.25, 0.3) is 0 Å². The molecule has 2 nitrogen and oxygen atoms in total. The summed E-state index contributed by atoms with van der Waals surface area (Å²) in [6.07, 6.45) is 0. The molecule has 0 spiro atoms. The van der Waals surface area contributed by atoms with Crippen molar-refractivity contribution in [2.24, 2.45) is 0 Å². The van der Waals surface area contributed by atoms with Gasteiger partial charge in [-0.2, -0.15) is 0 Å². The van der Waals surface area contributed by atoms with Crippen molar-refractivity contribution < 1.29 is 9.53 Å². The Balaban J connectivity index is 3.20. The molecule has 0 amide bonds. The highest BCUT2D eigenvalue weighted by Gasteiger charge is 2.13. The van der Waals surface area contributed by atoms with E-state index < -0.39 is 0 Å². The number of benzene rings is 1. The number of carbonyl (C=O) groups is 1. The van der Waals surface area contributed by atoms with Crippen LogP contribution in [0.3, 0.4) is 0 Å². The molecule has 0 saturated heterocycles. The number of rotatable bonds is 2. The van der Waals surface area contributed by atoms with Crippen molar-refractivity contribution in [3.05, 3.63) is 29.3 Å². The Morgan fingerprint density at radius 1 is 1.43 bits per heavy atom. The van der Waals surface area contributed by atoms with Crippen LogP contribution in [0.5, 0.6) is 0 Å². The zero-order valence-corrected chi connectivity index (χ0v) is 9.47. The van der Waals surface area contributed by atoms with Gasteiger partial charge in [-0.25, -0.2) is 4.79 Å². The fourth-order valence-electron chi connectivity index (χ4n) is 1.30. The Labute approximate surface area is 89.7 Å². The Kier molecular flexibility index (Phi) is 3.58. The molecule has 14 heavy (non-hydrogen) atoms. The van der Waals surface area contributed by atoms with Crippen LogP contribution in [0.2, 0.25) is 0 Å². The maximum atomic E-state index is 11.3. The summed E-state index contributed by atoms with van der Waals surface area (Å²) in [6, 6.07) is 5.54. The summed E-state index contributed by atoms with van der Waals surface area (Å²) in [7, 11) is 1.37. The van der Waals surface area contributed by atoms with E-state index in [1.54, 1.807) is 6.07 Å². The van der Waals surface area contributed by atoms with Gasteiger partial charge < -0.3 is 4.74 Å². The topological polar surface area (TPSA) is 26.3 Å². The second-order valence-corrected chi connectivity index (χ2v) is 3.84. The van der Waals surface area contributed by atoms with Crippen LogP contribution in [0.1, 0.15) is 35.7 Å². The van der Waals surface area contributed by atoms with Gasteiger partial charge >= 0.3 is 5.97 Å². The van der Waals surface area contributed by atoms with Crippen molar-refractivity contribution >= 4 is 18.6 Å². The molecule has 1 aromatic carbocycles. The maximum absolute atomic E-state index is 11.3. The van der Waals surface area contributed by atoms with Crippen molar-refractivity contribution in [2.45, 2.75) is 24.7 Å². The van der Waals surface area contributed by atoms with E-state index in [4.69, 9.17) is 0 Å². The first-order chi connectivity index (χ1) is 6.57. The lowest BCUT2D eigenvalue weighted by Gasteiger charge is -2.11. The van der Waals surface area contributed by atoms with Gasteiger partial charge in [0.15, 0.2) is 0 Å². The Hall–Kier alpha value is -0.960. The highest BCUT2D eigenvalue weighted by molar-refractivity contribution is 7.80. The van der Waals surface area contributed by atoms with E-state index in [0.717, 1.165) is 5.56 Å². The lowest BCUT2D eigenvalue weighted by Crippen LogP contribution is -2.04. The van der Waals surface area contributed by atoms with E-state index in [9.17, 15) is 4.79 Å². The minimum absolute atomic E-state index is 0.336. The smallest absolute Gasteiger partial charge is 0.338 e. The minimum atomic E-state index is -0.336.